The summed E-state index contributed by atoms with van der Waals surface area (Å²) in [6.45, 7) is 3.99. The molecule has 0 bridgehead atoms. The predicted octanol–water partition coefficient (Wildman–Crippen LogP) is 0.384. The molecule has 1 unspecified atom stereocenters. The molecule has 0 radical (unpaired) electrons. The van der Waals surface area contributed by atoms with Crippen LogP contribution in [0.3, 0.4) is 0 Å². The highest BCUT2D eigenvalue weighted by Crippen LogP contribution is 2.20. The lowest BCUT2D eigenvalue weighted by Gasteiger charge is -2.11. The second-order valence-corrected chi connectivity index (χ2v) is 9.72. The van der Waals surface area contributed by atoms with E-state index in [2.05, 4.69) is 26.2 Å². The van der Waals surface area contributed by atoms with Crippen molar-refractivity contribution < 1.29 is 18.0 Å². The summed E-state index contributed by atoms with van der Waals surface area (Å²) < 4.78 is 24.3. The van der Waals surface area contributed by atoms with Gasteiger partial charge in [-0.15, -0.1) is 5.10 Å². The van der Waals surface area contributed by atoms with Crippen LogP contribution in [0, 0.1) is 13.8 Å². The molecule has 1 atom stereocenters. The molecule has 150 valence electrons. The fraction of sp³-hybridized carbons (Fsp3) is 0.438. The molecule has 0 spiro atoms. The first kappa shape index (κ1) is 20.3. The topological polar surface area (TPSA) is 136 Å². The molecule has 1 aromatic carbocycles. The summed E-state index contributed by atoms with van der Waals surface area (Å²) in [6.07, 6.45) is 0.351. The third-order valence-electron chi connectivity index (χ3n) is 4.33. The van der Waals surface area contributed by atoms with Gasteiger partial charge < -0.3 is 5.32 Å². The van der Waals surface area contributed by atoms with Gasteiger partial charge in [0.1, 0.15) is 0 Å². The first-order valence-electron chi connectivity index (χ1n) is 8.53. The number of carbonyl (C=O) groups is 2. The van der Waals surface area contributed by atoms with Gasteiger partial charge in [-0.3, -0.25) is 10.1 Å². The Morgan fingerprint density at radius 2 is 2.07 bits per heavy atom. The Hall–Kier alpha value is -2.47. The molecule has 2 N–H and O–H groups in total. The molecule has 1 fully saturated rings. The van der Waals surface area contributed by atoms with Gasteiger partial charge in [0.15, 0.2) is 9.84 Å². The van der Waals surface area contributed by atoms with Gasteiger partial charge in [0.25, 0.3) is 0 Å². The number of carbonyl (C=O) groups excluding carboxylic acids is 2. The Balaban J connectivity index is 1.53. The highest BCUT2D eigenvalue weighted by Gasteiger charge is 2.29. The van der Waals surface area contributed by atoms with Crippen molar-refractivity contribution in [1.82, 2.24) is 30.8 Å². The van der Waals surface area contributed by atoms with Crippen LogP contribution in [0.4, 0.5) is 4.79 Å². The van der Waals surface area contributed by atoms with E-state index >= 15 is 0 Å². The van der Waals surface area contributed by atoms with Gasteiger partial charge in [0, 0.05) is 6.04 Å². The predicted molar refractivity (Wildman–Crippen MR) is 103 cm³/mol. The van der Waals surface area contributed by atoms with Crippen LogP contribution >= 0.6 is 11.8 Å². The van der Waals surface area contributed by atoms with Crippen molar-refractivity contribution >= 4 is 33.5 Å². The van der Waals surface area contributed by atoms with E-state index in [1.807, 2.05) is 32.0 Å². The quantitative estimate of drug-likeness (QED) is 0.658. The summed E-state index contributed by atoms with van der Waals surface area (Å²) in [5, 5.41) is 16.6. The smallest absolute Gasteiger partial charge is 0.321 e. The van der Waals surface area contributed by atoms with Crippen LogP contribution in [0.15, 0.2) is 23.4 Å². The maximum Gasteiger partial charge on any atom is 0.321 e. The maximum absolute atomic E-state index is 12.0. The molecule has 1 aliphatic rings. The number of rotatable bonds is 5. The zero-order valence-corrected chi connectivity index (χ0v) is 17.0. The first-order valence-corrected chi connectivity index (χ1v) is 11.3. The Bertz CT molecular complexity index is 1000. The molecule has 1 aliphatic heterocycles. The molecule has 2 aromatic rings. The number of aromatic nitrogens is 4. The van der Waals surface area contributed by atoms with Crippen LogP contribution in [0.2, 0.25) is 0 Å². The number of imide groups is 1. The van der Waals surface area contributed by atoms with Gasteiger partial charge in [0.2, 0.25) is 11.1 Å². The molecule has 2 heterocycles. The Morgan fingerprint density at radius 3 is 2.75 bits per heavy atom. The van der Waals surface area contributed by atoms with Crippen LogP contribution in [0.1, 0.15) is 17.5 Å². The maximum atomic E-state index is 12.0. The summed E-state index contributed by atoms with van der Waals surface area (Å²) in [7, 11) is -3.10. The molecule has 12 heteroatoms. The third kappa shape index (κ3) is 5.07. The molecule has 1 aromatic heterocycles. The summed E-state index contributed by atoms with van der Waals surface area (Å²) >= 11 is 1.09. The van der Waals surface area contributed by atoms with E-state index in [4.69, 9.17) is 0 Å². The summed E-state index contributed by atoms with van der Waals surface area (Å²) in [5.41, 5.74) is 3.01. The summed E-state index contributed by atoms with van der Waals surface area (Å²) in [5.74, 6) is -0.656. The minimum Gasteiger partial charge on any atom is -0.334 e. The van der Waals surface area contributed by atoms with Crippen molar-refractivity contribution in [2.75, 3.05) is 17.3 Å². The molecule has 0 aliphatic carbocycles. The van der Waals surface area contributed by atoms with Crippen molar-refractivity contribution in [3.8, 4) is 5.69 Å². The van der Waals surface area contributed by atoms with Crippen molar-refractivity contribution in [2.45, 2.75) is 31.5 Å². The number of urea groups is 1. The summed E-state index contributed by atoms with van der Waals surface area (Å²) in [6, 6.07) is 4.61. The van der Waals surface area contributed by atoms with E-state index in [1.54, 1.807) is 0 Å². The number of hydrogen-bond donors (Lipinski definition) is 2. The third-order valence-corrected chi connectivity index (χ3v) is 7.02. The monoisotopic (exact) mass is 424 g/mol. The number of tetrazole rings is 1. The van der Waals surface area contributed by atoms with Crippen LogP contribution in [-0.2, 0) is 14.6 Å². The lowest BCUT2D eigenvalue weighted by molar-refractivity contribution is -0.117. The first-order chi connectivity index (χ1) is 13.2. The van der Waals surface area contributed by atoms with Crippen LogP contribution in [-0.4, -0.2) is 63.9 Å². The van der Waals surface area contributed by atoms with Crippen LogP contribution in [0.5, 0.6) is 0 Å². The van der Waals surface area contributed by atoms with Gasteiger partial charge in [-0.1, -0.05) is 17.8 Å². The van der Waals surface area contributed by atoms with E-state index in [-0.39, 0.29) is 17.3 Å². The largest absolute Gasteiger partial charge is 0.334 e. The number of amides is 3. The van der Waals surface area contributed by atoms with Crippen molar-refractivity contribution in [3.63, 3.8) is 0 Å². The SMILES string of the molecule is Cc1ccc(-n2nnnc2SCC(=O)NC(=O)NC2CCS(=O)(=O)C2)cc1C. The molecule has 1 saturated heterocycles. The standard InChI is InChI=1S/C16H20N6O4S2/c1-10-3-4-13(7-11(10)2)22-16(19-20-21-22)27-8-14(23)18-15(24)17-12-5-6-28(25,26)9-12/h3-4,7,12H,5-6,8-9H2,1-2H3,(H2,17,18,23,24). The Kier molecular flexibility index (Phi) is 5.98. The van der Waals surface area contributed by atoms with Gasteiger partial charge in [-0.05, 0) is 54.0 Å². The van der Waals surface area contributed by atoms with E-state index in [9.17, 15) is 18.0 Å². The van der Waals surface area contributed by atoms with Crippen LogP contribution in [0.25, 0.3) is 5.69 Å². The minimum atomic E-state index is -3.10. The van der Waals surface area contributed by atoms with Crippen molar-refractivity contribution in [2.24, 2.45) is 0 Å². The number of benzene rings is 1. The minimum absolute atomic E-state index is 0.0445. The average molecular weight is 425 g/mol. The molecule has 3 amide bonds. The van der Waals surface area contributed by atoms with E-state index < -0.39 is 27.8 Å². The highest BCUT2D eigenvalue weighted by molar-refractivity contribution is 7.99. The molecular formula is C16H20N6O4S2. The molecule has 3 rings (SSSR count). The molecule has 28 heavy (non-hydrogen) atoms. The van der Waals surface area contributed by atoms with Crippen molar-refractivity contribution in [3.05, 3.63) is 29.3 Å². The highest BCUT2D eigenvalue weighted by atomic mass is 32.2. The average Bonchev–Trinajstić information content (AvgIpc) is 3.21. The van der Waals surface area contributed by atoms with Crippen LogP contribution < -0.4 is 10.6 Å². The van der Waals surface area contributed by atoms with Gasteiger partial charge in [0.05, 0.1) is 22.9 Å². The number of hydrogen-bond acceptors (Lipinski definition) is 8. The zero-order valence-electron chi connectivity index (χ0n) is 15.4. The molecule has 10 nitrogen and oxygen atoms in total. The zero-order chi connectivity index (χ0) is 20.3. The van der Waals surface area contributed by atoms with E-state index in [0.29, 0.717) is 11.6 Å². The number of nitrogens with one attached hydrogen (secondary N) is 2. The Morgan fingerprint density at radius 1 is 1.29 bits per heavy atom. The number of sulfone groups is 1. The fourth-order valence-electron chi connectivity index (χ4n) is 2.71. The Labute approximate surface area is 166 Å². The normalized spacial score (nSPS) is 18.0. The molecule has 0 saturated carbocycles. The number of aryl methyl sites for hydroxylation is 2. The van der Waals surface area contributed by atoms with E-state index in [1.165, 1.54) is 4.68 Å². The lowest BCUT2D eigenvalue weighted by atomic mass is 10.1. The van der Waals surface area contributed by atoms with Crippen molar-refractivity contribution in [1.29, 1.82) is 0 Å². The lowest BCUT2D eigenvalue weighted by Crippen LogP contribution is -2.45. The number of nitrogens with zero attached hydrogens (tertiary/aromatic N) is 4. The summed E-state index contributed by atoms with van der Waals surface area (Å²) in [4.78, 5) is 23.9. The van der Waals surface area contributed by atoms with Gasteiger partial charge in [-0.25, -0.2) is 13.2 Å². The van der Waals surface area contributed by atoms with Gasteiger partial charge >= 0.3 is 6.03 Å². The molecular weight excluding hydrogens is 404 g/mol. The van der Waals surface area contributed by atoms with E-state index in [0.717, 1.165) is 28.6 Å². The second-order valence-electron chi connectivity index (χ2n) is 6.55. The second kappa shape index (κ2) is 8.27. The number of thioether (sulfide) groups is 1. The van der Waals surface area contributed by atoms with Gasteiger partial charge in [-0.2, -0.15) is 4.68 Å². The fourth-order valence-corrected chi connectivity index (χ4v) is 5.08.